The summed E-state index contributed by atoms with van der Waals surface area (Å²) in [7, 11) is -3.70. The molecule has 4 rings (SSSR count). The molecule has 0 radical (unpaired) electrons. The fourth-order valence-electron chi connectivity index (χ4n) is 3.12. The number of rotatable bonds is 5. The first-order chi connectivity index (χ1) is 15.3. The van der Waals surface area contributed by atoms with E-state index in [1.807, 2.05) is 13.0 Å². The number of aryl methyl sites for hydroxylation is 1. The van der Waals surface area contributed by atoms with Crippen LogP contribution in [0.15, 0.2) is 76.5 Å². The second-order valence-corrected chi connectivity index (χ2v) is 10.1. The summed E-state index contributed by atoms with van der Waals surface area (Å²) in [4.78, 5) is 25.5. The lowest BCUT2D eigenvalue weighted by Crippen LogP contribution is -2.14. The first-order valence-electron chi connectivity index (χ1n) is 9.88. The van der Waals surface area contributed by atoms with Crippen molar-refractivity contribution in [3.05, 3.63) is 77.9 Å². The van der Waals surface area contributed by atoms with Gasteiger partial charge in [0.15, 0.2) is 0 Å². The fourth-order valence-corrected chi connectivity index (χ4v) is 5.11. The SMILES string of the molecule is Cc1ccc(S(=O)(=O)Nc2ccc(NC(=O)c3ccc4c(c3)NC(=O)CCS4)cc2)cc1. The fraction of sp³-hybridized carbons (Fsp3) is 0.130. The van der Waals surface area contributed by atoms with E-state index in [2.05, 4.69) is 15.4 Å². The molecule has 0 fully saturated rings. The molecule has 32 heavy (non-hydrogen) atoms. The van der Waals surface area contributed by atoms with Crippen molar-refractivity contribution in [3.8, 4) is 0 Å². The molecule has 0 bridgehead atoms. The first kappa shape index (κ1) is 21.9. The molecule has 0 saturated heterocycles. The first-order valence-corrected chi connectivity index (χ1v) is 12.3. The molecular formula is C23H21N3O4S2. The Labute approximate surface area is 190 Å². The summed E-state index contributed by atoms with van der Waals surface area (Å²) in [6.07, 6.45) is 0.431. The number of hydrogen-bond acceptors (Lipinski definition) is 5. The van der Waals surface area contributed by atoms with Gasteiger partial charge < -0.3 is 10.6 Å². The van der Waals surface area contributed by atoms with Crippen LogP contribution in [0.3, 0.4) is 0 Å². The van der Waals surface area contributed by atoms with Crippen molar-refractivity contribution >= 4 is 50.7 Å². The summed E-state index contributed by atoms with van der Waals surface area (Å²) in [5.74, 6) is 0.298. The number of hydrogen-bond donors (Lipinski definition) is 3. The van der Waals surface area contributed by atoms with E-state index in [4.69, 9.17) is 0 Å². The second-order valence-electron chi connectivity index (χ2n) is 7.31. The molecule has 0 aliphatic carbocycles. The Hall–Kier alpha value is -3.30. The summed E-state index contributed by atoms with van der Waals surface area (Å²) >= 11 is 1.57. The zero-order chi connectivity index (χ0) is 22.7. The quantitative estimate of drug-likeness (QED) is 0.513. The molecule has 2 amide bonds. The molecule has 7 nitrogen and oxygen atoms in total. The Morgan fingerprint density at radius 3 is 2.38 bits per heavy atom. The van der Waals surface area contributed by atoms with Crippen molar-refractivity contribution in [2.24, 2.45) is 0 Å². The van der Waals surface area contributed by atoms with E-state index in [0.717, 1.165) is 10.5 Å². The number of carbonyl (C=O) groups excluding carboxylic acids is 2. The van der Waals surface area contributed by atoms with Crippen molar-refractivity contribution < 1.29 is 18.0 Å². The molecule has 0 aromatic heterocycles. The molecule has 0 atom stereocenters. The van der Waals surface area contributed by atoms with Gasteiger partial charge in [-0.25, -0.2) is 8.42 Å². The standard InChI is InChI=1S/C23H21N3O4S2/c1-15-2-9-19(10-3-15)32(29,30)26-18-7-5-17(6-8-18)24-23(28)16-4-11-21-20(14-16)25-22(27)12-13-31-21/h2-11,14,26H,12-13H2,1H3,(H,24,28)(H,25,27). The molecule has 0 saturated carbocycles. The number of benzene rings is 3. The minimum absolute atomic E-state index is 0.0718. The molecular weight excluding hydrogens is 446 g/mol. The van der Waals surface area contributed by atoms with Gasteiger partial charge in [0.05, 0.1) is 10.6 Å². The van der Waals surface area contributed by atoms with E-state index < -0.39 is 10.0 Å². The van der Waals surface area contributed by atoms with Crippen LogP contribution in [0.4, 0.5) is 17.1 Å². The zero-order valence-corrected chi connectivity index (χ0v) is 18.8. The molecule has 3 aromatic carbocycles. The molecule has 1 aliphatic rings. The number of nitrogens with one attached hydrogen (secondary N) is 3. The number of carbonyl (C=O) groups is 2. The number of amides is 2. The van der Waals surface area contributed by atoms with Crippen LogP contribution in [0.25, 0.3) is 0 Å². The summed E-state index contributed by atoms with van der Waals surface area (Å²) in [5.41, 5.74) is 2.91. The van der Waals surface area contributed by atoms with Crippen LogP contribution in [0, 0.1) is 6.92 Å². The van der Waals surface area contributed by atoms with Crippen molar-refractivity contribution in [1.82, 2.24) is 0 Å². The van der Waals surface area contributed by atoms with Gasteiger partial charge in [-0.1, -0.05) is 17.7 Å². The molecule has 3 aromatic rings. The van der Waals surface area contributed by atoms with Crippen LogP contribution >= 0.6 is 11.8 Å². The third-order valence-electron chi connectivity index (χ3n) is 4.83. The van der Waals surface area contributed by atoms with Gasteiger partial charge in [-0.3, -0.25) is 14.3 Å². The maximum atomic E-state index is 12.7. The predicted molar refractivity (Wildman–Crippen MR) is 127 cm³/mol. The number of sulfonamides is 1. The van der Waals surface area contributed by atoms with Crippen molar-refractivity contribution in [1.29, 1.82) is 0 Å². The number of fused-ring (bicyclic) bond motifs is 1. The molecule has 9 heteroatoms. The van der Waals surface area contributed by atoms with Gasteiger partial charge in [0.2, 0.25) is 5.91 Å². The summed E-state index contributed by atoms with van der Waals surface area (Å²) in [6.45, 7) is 1.89. The normalized spacial score (nSPS) is 13.5. The Morgan fingerprint density at radius 2 is 1.66 bits per heavy atom. The van der Waals surface area contributed by atoms with Crippen molar-refractivity contribution in [3.63, 3.8) is 0 Å². The van der Waals surface area contributed by atoms with Crippen LogP contribution in [-0.2, 0) is 14.8 Å². The topological polar surface area (TPSA) is 104 Å². The van der Waals surface area contributed by atoms with Gasteiger partial charge in [0.25, 0.3) is 15.9 Å². The largest absolute Gasteiger partial charge is 0.325 e. The Bertz CT molecular complexity index is 1270. The molecule has 0 spiro atoms. The van der Waals surface area contributed by atoms with Gasteiger partial charge in [-0.05, 0) is 61.5 Å². The van der Waals surface area contributed by atoms with Gasteiger partial charge in [0.1, 0.15) is 0 Å². The van der Waals surface area contributed by atoms with Crippen LogP contribution in [0.1, 0.15) is 22.3 Å². The lowest BCUT2D eigenvalue weighted by molar-refractivity contribution is -0.115. The van der Waals surface area contributed by atoms with Gasteiger partial charge in [-0.15, -0.1) is 11.8 Å². The maximum absolute atomic E-state index is 12.7. The lowest BCUT2D eigenvalue weighted by atomic mass is 10.1. The maximum Gasteiger partial charge on any atom is 0.261 e. The van der Waals surface area contributed by atoms with Gasteiger partial charge in [-0.2, -0.15) is 0 Å². The van der Waals surface area contributed by atoms with Crippen molar-refractivity contribution in [2.45, 2.75) is 23.1 Å². The average Bonchev–Trinajstić information content (AvgIpc) is 2.95. The number of anilines is 3. The highest BCUT2D eigenvalue weighted by Crippen LogP contribution is 2.31. The minimum Gasteiger partial charge on any atom is -0.325 e. The van der Waals surface area contributed by atoms with Crippen LogP contribution in [0.2, 0.25) is 0 Å². The molecule has 3 N–H and O–H groups in total. The Balaban J connectivity index is 1.44. The average molecular weight is 468 g/mol. The minimum atomic E-state index is -3.70. The van der Waals surface area contributed by atoms with Crippen LogP contribution < -0.4 is 15.4 Å². The van der Waals surface area contributed by atoms with E-state index in [9.17, 15) is 18.0 Å². The number of thioether (sulfide) groups is 1. The van der Waals surface area contributed by atoms with Crippen molar-refractivity contribution in [2.75, 3.05) is 21.1 Å². The molecule has 164 valence electrons. The van der Waals surface area contributed by atoms with Crippen LogP contribution in [-0.4, -0.2) is 26.0 Å². The van der Waals surface area contributed by atoms with E-state index >= 15 is 0 Å². The van der Waals surface area contributed by atoms with E-state index in [1.165, 1.54) is 0 Å². The Kier molecular flexibility index (Phi) is 6.20. The molecule has 1 heterocycles. The smallest absolute Gasteiger partial charge is 0.261 e. The monoisotopic (exact) mass is 467 g/mol. The van der Waals surface area contributed by atoms with E-state index in [0.29, 0.717) is 34.8 Å². The van der Waals surface area contributed by atoms with Gasteiger partial charge >= 0.3 is 0 Å². The predicted octanol–water partition coefficient (Wildman–Crippen LogP) is 4.48. The van der Waals surface area contributed by atoms with E-state index in [1.54, 1.807) is 72.4 Å². The second kappa shape index (κ2) is 9.05. The summed E-state index contributed by atoms with van der Waals surface area (Å²) < 4.78 is 27.6. The zero-order valence-electron chi connectivity index (χ0n) is 17.2. The highest BCUT2D eigenvalue weighted by Gasteiger charge is 2.17. The lowest BCUT2D eigenvalue weighted by Gasteiger charge is -2.11. The van der Waals surface area contributed by atoms with Crippen LogP contribution in [0.5, 0.6) is 0 Å². The third kappa shape index (κ3) is 5.12. The van der Waals surface area contributed by atoms with Gasteiger partial charge in [0, 0.05) is 34.0 Å². The highest BCUT2D eigenvalue weighted by atomic mass is 32.2. The van der Waals surface area contributed by atoms with E-state index in [-0.39, 0.29) is 16.7 Å². The third-order valence-corrected chi connectivity index (χ3v) is 7.30. The molecule has 0 unspecified atom stereocenters. The highest BCUT2D eigenvalue weighted by molar-refractivity contribution is 7.99. The summed E-state index contributed by atoms with van der Waals surface area (Å²) in [6, 6.07) is 18.2. The molecule has 1 aliphatic heterocycles. The Morgan fingerprint density at radius 1 is 0.969 bits per heavy atom. The summed E-state index contributed by atoms with van der Waals surface area (Å²) in [5, 5.41) is 5.61.